The van der Waals surface area contributed by atoms with Crippen LogP contribution in [-0.2, 0) is 0 Å². The van der Waals surface area contributed by atoms with Crippen molar-refractivity contribution in [3.05, 3.63) is 11.4 Å². The third-order valence-electron chi connectivity index (χ3n) is 2.86. The minimum Gasteiger partial charge on any atom is -0.396 e. The van der Waals surface area contributed by atoms with Gasteiger partial charge in [0.05, 0.1) is 5.39 Å². The molecule has 2 rings (SSSR count). The van der Waals surface area contributed by atoms with Gasteiger partial charge in [-0.2, -0.15) is 4.98 Å². The standard InChI is InChI=1S/C12H18N4OS/c1-3-8(4-6-17)14-10-9-5-7-18-11(9)16-12(13-2)15-10/h5,7-8,17H,3-4,6H2,1-2H3,(H2,13,14,15,16). The average Bonchev–Trinajstić information content (AvgIpc) is 2.86. The Bertz CT molecular complexity index is 514. The predicted octanol–water partition coefficient (Wildman–Crippen LogP) is 2.31. The maximum Gasteiger partial charge on any atom is 0.225 e. The van der Waals surface area contributed by atoms with Crippen LogP contribution in [-0.4, -0.2) is 34.8 Å². The molecule has 0 amide bonds. The molecular formula is C12H18N4OS. The molecule has 0 aliphatic heterocycles. The number of aliphatic hydroxyl groups is 1. The van der Waals surface area contributed by atoms with Crippen molar-refractivity contribution >= 4 is 33.3 Å². The van der Waals surface area contributed by atoms with E-state index in [-0.39, 0.29) is 12.6 Å². The number of nitrogens with one attached hydrogen (secondary N) is 2. The lowest BCUT2D eigenvalue weighted by atomic mass is 10.1. The van der Waals surface area contributed by atoms with Crippen molar-refractivity contribution in [1.82, 2.24) is 9.97 Å². The first-order chi connectivity index (χ1) is 8.78. The maximum atomic E-state index is 9.04. The van der Waals surface area contributed by atoms with Crippen LogP contribution in [0, 0.1) is 0 Å². The summed E-state index contributed by atoms with van der Waals surface area (Å²) in [7, 11) is 1.81. The molecule has 0 aromatic carbocycles. The fourth-order valence-electron chi connectivity index (χ4n) is 1.80. The molecule has 6 heteroatoms. The molecule has 18 heavy (non-hydrogen) atoms. The lowest BCUT2D eigenvalue weighted by Crippen LogP contribution is -2.21. The average molecular weight is 266 g/mol. The van der Waals surface area contributed by atoms with Crippen LogP contribution in [0.25, 0.3) is 10.2 Å². The molecule has 0 saturated carbocycles. The van der Waals surface area contributed by atoms with Crippen LogP contribution in [0.1, 0.15) is 19.8 Å². The molecule has 0 spiro atoms. The number of aliphatic hydroxyl groups excluding tert-OH is 1. The highest BCUT2D eigenvalue weighted by atomic mass is 32.1. The third-order valence-corrected chi connectivity index (χ3v) is 3.67. The molecule has 0 aliphatic rings. The Hall–Kier alpha value is -1.40. The highest BCUT2D eigenvalue weighted by Crippen LogP contribution is 2.27. The number of anilines is 2. The van der Waals surface area contributed by atoms with E-state index in [0.717, 1.165) is 28.9 Å². The van der Waals surface area contributed by atoms with Crippen molar-refractivity contribution in [2.45, 2.75) is 25.8 Å². The van der Waals surface area contributed by atoms with Gasteiger partial charge in [0.25, 0.3) is 0 Å². The Morgan fingerprint density at radius 3 is 2.94 bits per heavy atom. The minimum atomic E-state index is 0.183. The molecule has 2 aromatic heterocycles. The molecule has 98 valence electrons. The van der Waals surface area contributed by atoms with E-state index < -0.39 is 0 Å². The first-order valence-corrected chi connectivity index (χ1v) is 6.96. The second kappa shape index (κ2) is 5.97. The van der Waals surface area contributed by atoms with Gasteiger partial charge in [-0.15, -0.1) is 11.3 Å². The zero-order valence-electron chi connectivity index (χ0n) is 10.6. The predicted molar refractivity (Wildman–Crippen MR) is 76.4 cm³/mol. The topological polar surface area (TPSA) is 70.1 Å². The number of fused-ring (bicyclic) bond motifs is 1. The summed E-state index contributed by atoms with van der Waals surface area (Å²) in [6.07, 6.45) is 1.67. The van der Waals surface area contributed by atoms with E-state index in [1.54, 1.807) is 11.3 Å². The summed E-state index contributed by atoms with van der Waals surface area (Å²) in [6, 6.07) is 2.26. The Morgan fingerprint density at radius 2 is 2.28 bits per heavy atom. The molecular weight excluding hydrogens is 248 g/mol. The van der Waals surface area contributed by atoms with Gasteiger partial charge in [-0.05, 0) is 24.3 Å². The van der Waals surface area contributed by atoms with Crippen LogP contribution in [0.5, 0.6) is 0 Å². The molecule has 1 atom stereocenters. The van der Waals surface area contributed by atoms with Crippen molar-refractivity contribution in [2.75, 3.05) is 24.3 Å². The number of hydrogen-bond donors (Lipinski definition) is 3. The van der Waals surface area contributed by atoms with E-state index in [1.165, 1.54) is 0 Å². The van der Waals surface area contributed by atoms with Crippen molar-refractivity contribution < 1.29 is 5.11 Å². The lowest BCUT2D eigenvalue weighted by Gasteiger charge is -2.17. The first-order valence-electron chi connectivity index (χ1n) is 6.08. The first kappa shape index (κ1) is 13.0. The Morgan fingerprint density at radius 1 is 1.44 bits per heavy atom. The minimum absolute atomic E-state index is 0.183. The van der Waals surface area contributed by atoms with Crippen molar-refractivity contribution in [1.29, 1.82) is 0 Å². The number of nitrogens with zero attached hydrogens (tertiary/aromatic N) is 2. The molecule has 3 N–H and O–H groups in total. The van der Waals surface area contributed by atoms with Gasteiger partial charge >= 0.3 is 0 Å². The maximum absolute atomic E-state index is 9.04. The van der Waals surface area contributed by atoms with E-state index in [2.05, 4.69) is 27.5 Å². The van der Waals surface area contributed by atoms with E-state index in [9.17, 15) is 0 Å². The van der Waals surface area contributed by atoms with Crippen LogP contribution < -0.4 is 10.6 Å². The van der Waals surface area contributed by atoms with E-state index in [1.807, 2.05) is 18.5 Å². The van der Waals surface area contributed by atoms with E-state index in [0.29, 0.717) is 5.95 Å². The molecule has 2 aromatic rings. The summed E-state index contributed by atoms with van der Waals surface area (Å²) in [4.78, 5) is 9.82. The summed E-state index contributed by atoms with van der Waals surface area (Å²) in [5.41, 5.74) is 0. The Kier molecular flexibility index (Phi) is 4.33. The van der Waals surface area contributed by atoms with Gasteiger partial charge in [0.2, 0.25) is 5.95 Å². The second-order valence-electron chi connectivity index (χ2n) is 4.05. The van der Waals surface area contributed by atoms with Crippen molar-refractivity contribution in [2.24, 2.45) is 0 Å². The van der Waals surface area contributed by atoms with Crippen molar-refractivity contribution in [3.8, 4) is 0 Å². The van der Waals surface area contributed by atoms with E-state index >= 15 is 0 Å². The van der Waals surface area contributed by atoms with Crippen molar-refractivity contribution in [3.63, 3.8) is 0 Å². The lowest BCUT2D eigenvalue weighted by molar-refractivity contribution is 0.278. The number of hydrogen-bond acceptors (Lipinski definition) is 6. The van der Waals surface area contributed by atoms with Crippen LogP contribution in [0.3, 0.4) is 0 Å². The summed E-state index contributed by atoms with van der Waals surface area (Å²) in [6.45, 7) is 2.28. The summed E-state index contributed by atoms with van der Waals surface area (Å²) < 4.78 is 0. The SMILES string of the molecule is CCC(CCO)Nc1nc(NC)nc2sccc12. The zero-order chi connectivity index (χ0) is 13.0. The monoisotopic (exact) mass is 266 g/mol. The van der Waals surface area contributed by atoms with Gasteiger partial charge in [0.1, 0.15) is 10.6 Å². The summed E-state index contributed by atoms with van der Waals surface area (Å²) >= 11 is 1.60. The van der Waals surface area contributed by atoms with Crippen LogP contribution in [0.4, 0.5) is 11.8 Å². The second-order valence-corrected chi connectivity index (χ2v) is 4.94. The molecule has 0 saturated heterocycles. The Balaban J connectivity index is 2.32. The number of aromatic nitrogens is 2. The molecule has 0 bridgehead atoms. The van der Waals surface area contributed by atoms with Gasteiger partial charge in [-0.25, -0.2) is 4.98 Å². The fraction of sp³-hybridized carbons (Fsp3) is 0.500. The molecule has 0 aliphatic carbocycles. The van der Waals surface area contributed by atoms with Crippen LogP contribution in [0.15, 0.2) is 11.4 Å². The largest absolute Gasteiger partial charge is 0.396 e. The van der Waals surface area contributed by atoms with Gasteiger partial charge in [-0.1, -0.05) is 6.92 Å². The molecule has 0 fully saturated rings. The number of thiophene rings is 1. The van der Waals surface area contributed by atoms with Gasteiger partial charge in [0.15, 0.2) is 0 Å². The third kappa shape index (κ3) is 2.70. The molecule has 0 radical (unpaired) electrons. The zero-order valence-corrected chi connectivity index (χ0v) is 11.4. The van der Waals surface area contributed by atoms with Crippen LogP contribution in [0.2, 0.25) is 0 Å². The highest BCUT2D eigenvalue weighted by molar-refractivity contribution is 7.16. The van der Waals surface area contributed by atoms with Crippen LogP contribution >= 0.6 is 11.3 Å². The highest BCUT2D eigenvalue weighted by Gasteiger charge is 2.12. The fourth-order valence-corrected chi connectivity index (χ4v) is 2.57. The van der Waals surface area contributed by atoms with Gasteiger partial charge < -0.3 is 15.7 Å². The summed E-state index contributed by atoms with van der Waals surface area (Å²) in [5, 5.41) is 18.4. The van der Waals surface area contributed by atoms with Gasteiger partial charge in [0, 0.05) is 19.7 Å². The quantitative estimate of drug-likeness (QED) is 0.748. The van der Waals surface area contributed by atoms with E-state index in [4.69, 9.17) is 5.11 Å². The molecule has 5 nitrogen and oxygen atoms in total. The normalized spacial score (nSPS) is 12.6. The molecule has 2 heterocycles. The molecule has 1 unspecified atom stereocenters. The smallest absolute Gasteiger partial charge is 0.225 e. The number of rotatable bonds is 6. The summed E-state index contributed by atoms with van der Waals surface area (Å²) in [5.74, 6) is 1.46. The van der Waals surface area contributed by atoms with Gasteiger partial charge in [-0.3, -0.25) is 0 Å². The Labute approximate surface area is 110 Å².